The Hall–Kier alpha value is -1.39. The summed E-state index contributed by atoms with van der Waals surface area (Å²) in [5.74, 6) is 1.10. The first-order valence-corrected chi connectivity index (χ1v) is 7.60. The summed E-state index contributed by atoms with van der Waals surface area (Å²) < 4.78 is 5.21. The number of hydrogen-bond donors (Lipinski definition) is 1. The van der Waals surface area contributed by atoms with Crippen LogP contribution in [0.5, 0.6) is 0 Å². The van der Waals surface area contributed by atoms with Gasteiger partial charge < -0.3 is 15.0 Å². The van der Waals surface area contributed by atoms with Crippen molar-refractivity contribution in [2.75, 3.05) is 31.7 Å². The second kappa shape index (κ2) is 7.05. The first-order chi connectivity index (χ1) is 9.99. The number of ether oxygens (including phenoxy) is 1. The van der Waals surface area contributed by atoms with Crippen molar-refractivity contribution in [2.24, 2.45) is 0 Å². The monoisotopic (exact) mass is 289 g/mol. The summed E-state index contributed by atoms with van der Waals surface area (Å²) >= 11 is 0. The molecule has 1 aromatic heterocycles. The topological polar surface area (TPSA) is 37.4 Å². The Bertz CT molecular complexity index is 491. The number of hydrogen-bond acceptors (Lipinski definition) is 4. The van der Waals surface area contributed by atoms with Gasteiger partial charge in [-0.25, -0.2) is 4.98 Å². The van der Waals surface area contributed by atoms with Crippen molar-refractivity contribution in [3.05, 3.63) is 35.5 Å². The van der Waals surface area contributed by atoms with Gasteiger partial charge in [-0.3, -0.25) is 0 Å². The third kappa shape index (κ3) is 4.83. The van der Waals surface area contributed by atoms with Gasteiger partial charge in [-0.15, -0.1) is 0 Å². The lowest BCUT2D eigenvalue weighted by atomic mass is 10.1. The molecule has 21 heavy (non-hydrogen) atoms. The smallest absolute Gasteiger partial charge is 0.133 e. The van der Waals surface area contributed by atoms with E-state index in [1.807, 2.05) is 12.3 Å². The average Bonchev–Trinajstić information content (AvgIpc) is 2.46. The highest BCUT2D eigenvalue weighted by atomic mass is 16.5. The van der Waals surface area contributed by atoms with Crippen LogP contribution in [0, 0.1) is 0 Å². The predicted octanol–water partition coefficient (Wildman–Crippen LogP) is 2.75. The number of nitrogens with zero attached hydrogens (tertiary/aromatic N) is 2. The first kappa shape index (κ1) is 16.0. The second-order valence-electron chi connectivity index (χ2n) is 6.58. The molecule has 0 bridgehead atoms. The molecule has 1 aliphatic heterocycles. The zero-order chi connectivity index (χ0) is 15.3. The van der Waals surface area contributed by atoms with E-state index in [4.69, 9.17) is 4.74 Å². The highest BCUT2D eigenvalue weighted by Crippen LogP contribution is 2.22. The number of nitrogens with one attached hydrogen (secondary N) is 1. The van der Waals surface area contributed by atoms with E-state index in [1.54, 1.807) is 7.11 Å². The van der Waals surface area contributed by atoms with Crippen molar-refractivity contribution < 1.29 is 4.74 Å². The summed E-state index contributed by atoms with van der Waals surface area (Å²) in [6, 6.07) is 4.18. The zero-order valence-corrected chi connectivity index (χ0v) is 13.6. The van der Waals surface area contributed by atoms with Crippen LogP contribution in [0.2, 0.25) is 0 Å². The molecule has 0 saturated heterocycles. The quantitative estimate of drug-likeness (QED) is 0.846. The van der Waals surface area contributed by atoms with Crippen LogP contribution in [-0.2, 0) is 11.3 Å². The Morgan fingerprint density at radius 2 is 2.19 bits per heavy atom. The van der Waals surface area contributed by atoms with E-state index < -0.39 is 0 Å². The molecule has 4 heteroatoms. The lowest BCUT2D eigenvalue weighted by Crippen LogP contribution is -2.36. The van der Waals surface area contributed by atoms with Crippen LogP contribution in [0.15, 0.2) is 30.0 Å². The lowest BCUT2D eigenvalue weighted by Gasteiger charge is -2.30. The summed E-state index contributed by atoms with van der Waals surface area (Å²) in [6.07, 6.45) is 5.20. The van der Waals surface area contributed by atoms with E-state index in [2.05, 4.69) is 48.1 Å². The van der Waals surface area contributed by atoms with Crippen LogP contribution in [0.4, 0.5) is 5.82 Å². The fourth-order valence-electron chi connectivity index (χ4n) is 2.43. The van der Waals surface area contributed by atoms with Crippen LogP contribution in [0.1, 0.15) is 32.8 Å². The van der Waals surface area contributed by atoms with E-state index in [-0.39, 0.29) is 5.54 Å². The summed E-state index contributed by atoms with van der Waals surface area (Å²) in [5.41, 5.74) is 2.76. The summed E-state index contributed by atoms with van der Waals surface area (Å²) in [6.45, 7) is 10.1. The Labute approximate surface area is 128 Å². The van der Waals surface area contributed by atoms with Crippen LogP contribution in [0.25, 0.3) is 0 Å². The molecule has 116 valence electrons. The predicted molar refractivity (Wildman–Crippen MR) is 87.6 cm³/mol. The van der Waals surface area contributed by atoms with Gasteiger partial charge in [0.15, 0.2) is 0 Å². The van der Waals surface area contributed by atoms with Crippen LogP contribution in [-0.4, -0.2) is 37.3 Å². The standard InChI is InChI=1S/C17H27N3O/c1-17(2,3)19-12-15-6-5-9-18-16(15)20-10-7-14(8-11-20)13-21-4/h5-7,9,19H,8,10-13H2,1-4H3. The Morgan fingerprint density at radius 1 is 1.38 bits per heavy atom. The first-order valence-electron chi connectivity index (χ1n) is 7.60. The van der Waals surface area contributed by atoms with Crippen LogP contribution < -0.4 is 10.2 Å². The number of anilines is 1. The molecule has 1 aliphatic rings. The highest BCUT2D eigenvalue weighted by molar-refractivity contribution is 5.48. The minimum Gasteiger partial charge on any atom is -0.380 e. The minimum atomic E-state index is 0.112. The van der Waals surface area contributed by atoms with Gasteiger partial charge in [0.2, 0.25) is 0 Å². The minimum absolute atomic E-state index is 0.112. The molecule has 1 aromatic rings. The molecule has 0 aliphatic carbocycles. The van der Waals surface area contributed by atoms with Gasteiger partial charge in [-0.2, -0.15) is 0 Å². The van der Waals surface area contributed by atoms with Gasteiger partial charge >= 0.3 is 0 Å². The molecule has 2 heterocycles. The normalized spacial score (nSPS) is 16.0. The maximum Gasteiger partial charge on any atom is 0.133 e. The van der Waals surface area contributed by atoms with Crippen molar-refractivity contribution >= 4 is 5.82 Å². The molecule has 0 unspecified atom stereocenters. The maximum absolute atomic E-state index is 5.21. The molecule has 4 nitrogen and oxygen atoms in total. The fourth-order valence-corrected chi connectivity index (χ4v) is 2.43. The molecule has 1 N–H and O–H groups in total. The van der Waals surface area contributed by atoms with Gasteiger partial charge in [-0.05, 0) is 38.8 Å². The fraction of sp³-hybridized carbons (Fsp3) is 0.588. The highest BCUT2D eigenvalue weighted by Gasteiger charge is 2.17. The molecular weight excluding hydrogens is 262 g/mol. The lowest BCUT2D eigenvalue weighted by molar-refractivity contribution is 0.222. The van der Waals surface area contributed by atoms with E-state index in [1.165, 1.54) is 11.1 Å². The van der Waals surface area contributed by atoms with E-state index in [0.717, 1.165) is 38.5 Å². The number of aromatic nitrogens is 1. The molecule has 0 aromatic carbocycles. The maximum atomic E-state index is 5.21. The summed E-state index contributed by atoms with van der Waals surface area (Å²) in [4.78, 5) is 6.95. The average molecular weight is 289 g/mol. The van der Waals surface area contributed by atoms with Gasteiger partial charge in [0, 0.05) is 44.0 Å². The Morgan fingerprint density at radius 3 is 2.81 bits per heavy atom. The van der Waals surface area contributed by atoms with Crippen LogP contribution >= 0.6 is 0 Å². The van der Waals surface area contributed by atoms with Gasteiger partial charge in [-0.1, -0.05) is 12.1 Å². The molecule has 2 rings (SSSR count). The van der Waals surface area contributed by atoms with E-state index in [9.17, 15) is 0 Å². The molecule has 0 saturated carbocycles. The van der Waals surface area contributed by atoms with Crippen molar-refractivity contribution in [3.63, 3.8) is 0 Å². The third-order valence-electron chi connectivity index (χ3n) is 3.61. The third-order valence-corrected chi connectivity index (χ3v) is 3.61. The number of rotatable bonds is 5. The molecule has 0 radical (unpaired) electrons. The van der Waals surface area contributed by atoms with E-state index >= 15 is 0 Å². The Balaban J connectivity index is 2.07. The molecule has 0 spiro atoms. The van der Waals surface area contributed by atoms with E-state index in [0.29, 0.717) is 0 Å². The van der Waals surface area contributed by atoms with Gasteiger partial charge in [0.05, 0.1) is 6.61 Å². The molecule has 0 atom stereocenters. The largest absolute Gasteiger partial charge is 0.380 e. The van der Waals surface area contributed by atoms with Crippen molar-refractivity contribution in [1.29, 1.82) is 0 Å². The van der Waals surface area contributed by atoms with Crippen molar-refractivity contribution in [2.45, 2.75) is 39.3 Å². The molecule has 0 amide bonds. The zero-order valence-electron chi connectivity index (χ0n) is 13.6. The number of methoxy groups -OCH3 is 1. The summed E-state index contributed by atoms with van der Waals surface area (Å²) in [7, 11) is 1.75. The second-order valence-corrected chi connectivity index (χ2v) is 6.58. The van der Waals surface area contributed by atoms with Crippen molar-refractivity contribution in [1.82, 2.24) is 10.3 Å². The van der Waals surface area contributed by atoms with Gasteiger partial charge in [0.25, 0.3) is 0 Å². The van der Waals surface area contributed by atoms with Crippen LogP contribution in [0.3, 0.4) is 0 Å². The van der Waals surface area contributed by atoms with Gasteiger partial charge in [0.1, 0.15) is 5.82 Å². The molecule has 0 fully saturated rings. The number of pyridine rings is 1. The Kier molecular flexibility index (Phi) is 5.37. The molecular formula is C17H27N3O. The van der Waals surface area contributed by atoms with Crippen molar-refractivity contribution in [3.8, 4) is 0 Å². The summed E-state index contributed by atoms with van der Waals surface area (Å²) in [5, 5.41) is 3.54. The SMILES string of the molecule is COCC1=CCN(c2ncccc2CNC(C)(C)C)CC1.